The Morgan fingerprint density at radius 3 is 2.57 bits per heavy atom. The highest BCUT2D eigenvalue weighted by Gasteiger charge is 2.05. The lowest BCUT2D eigenvalue weighted by Gasteiger charge is -2.08. The van der Waals surface area contributed by atoms with Crippen LogP contribution in [0.15, 0.2) is 48.5 Å². The number of carbonyl (C=O) groups excluding carboxylic acids is 2. The summed E-state index contributed by atoms with van der Waals surface area (Å²) < 4.78 is 5.20. The van der Waals surface area contributed by atoms with Crippen molar-refractivity contribution in [2.45, 2.75) is 19.8 Å². The zero-order chi connectivity index (χ0) is 16.7. The van der Waals surface area contributed by atoms with Crippen LogP contribution in [0.1, 0.15) is 17.5 Å². The Labute approximate surface area is 135 Å². The van der Waals surface area contributed by atoms with Crippen LogP contribution in [0.5, 0.6) is 5.75 Å². The molecule has 120 valence electrons. The largest absolute Gasteiger partial charge is 0.484 e. The maximum atomic E-state index is 12.0. The number of amides is 2. The smallest absolute Gasteiger partial charge is 0.255 e. The molecule has 0 saturated heterocycles. The van der Waals surface area contributed by atoms with E-state index in [1.54, 1.807) is 24.3 Å². The molecule has 0 fully saturated rings. The quantitative estimate of drug-likeness (QED) is 0.824. The van der Waals surface area contributed by atoms with Crippen molar-refractivity contribution >= 4 is 17.5 Å². The molecule has 0 radical (unpaired) electrons. The molecule has 0 saturated carbocycles. The van der Waals surface area contributed by atoms with Gasteiger partial charge in [0.2, 0.25) is 5.91 Å². The van der Waals surface area contributed by atoms with Gasteiger partial charge in [-0.15, -0.1) is 0 Å². The zero-order valence-electron chi connectivity index (χ0n) is 13.0. The summed E-state index contributed by atoms with van der Waals surface area (Å²) in [5.41, 5.74) is 7.98. The number of rotatable bonds is 7. The zero-order valence-corrected chi connectivity index (χ0v) is 13.0. The third-order valence-electron chi connectivity index (χ3n) is 3.26. The van der Waals surface area contributed by atoms with Crippen LogP contribution >= 0.6 is 0 Å². The fraction of sp³-hybridized carbons (Fsp3) is 0.222. The van der Waals surface area contributed by atoms with Crippen molar-refractivity contribution in [1.82, 2.24) is 0 Å². The highest BCUT2D eigenvalue weighted by atomic mass is 16.5. The monoisotopic (exact) mass is 312 g/mol. The molecule has 3 N–H and O–H groups in total. The van der Waals surface area contributed by atoms with Gasteiger partial charge in [-0.1, -0.05) is 35.9 Å². The Morgan fingerprint density at radius 1 is 1.13 bits per heavy atom. The number of benzene rings is 2. The van der Waals surface area contributed by atoms with E-state index in [-0.39, 0.29) is 12.5 Å². The number of aryl methyl sites for hydroxylation is 2. The van der Waals surface area contributed by atoms with E-state index in [4.69, 9.17) is 10.5 Å². The van der Waals surface area contributed by atoms with Crippen molar-refractivity contribution < 1.29 is 14.3 Å². The Bertz CT molecular complexity index is 681. The number of nitrogens with two attached hydrogens (primary N) is 1. The third-order valence-corrected chi connectivity index (χ3v) is 3.26. The fourth-order valence-corrected chi connectivity index (χ4v) is 2.05. The predicted octanol–water partition coefficient (Wildman–Crippen LogP) is 2.43. The predicted molar refractivity (Wildman–Crippen MR) is 89.3 cm³/mol. The Morgan fingerprint density at radius 2 is 1.87 bits per heavy atom. The van der Waals surface area contributed by atoms with Crippen molar-refractivity contribution in [3.8, 4) is 5.75 Å². The number of hydrogen-bond donors (Lipinski definition) is 2. The van der Waals surface area contributed by atoms with E-state index < -0.39 is 5.91 Å². The summed E-state index contributed by atoms with van der Waals surface area (Å²) in [6.45, 7) is 1.84. The molecule has 0 aliphatic rings. The van der Waals surface area contributed by atoms with Gasteiger partial charge >= 0.3 is 0 Å². The van der Waals surface area contributed by atoms with Gasteiger partial charge in [-0.05, 0) is 31.0 Å². The molecular weight excluding hydrogens is 292 g/mol. The van der Waals surface area contributed by atoms with Crippen molar-refractivity contribution in [1.29, 1.82) is 0 Å². The van der Waals surface area contributed by atoms with Crippen LogP contribution in [0.25, 0.3) is 0 Å². The van der Waals surface area contributed by atoms with E-state index in [0.29, 0.717) is 24.3 Å². The molecule has 0 aliphatic carbocycles. The second kappa shape index (κ2) is 7.98. The normalized spacial score (nSPS) is 10.1. The Balaban J connectivity index is 1.86. The molecule has 5 heteroatoms. The van der Waals surface area contributed by atoms with Crippen molar-refractivity contribution in [3.05, 3.63) is 59.7 Å². The van der Waals surface area contributed by atoms with Crippen LogP contribution in [-0.2, 0) is 16.0 Å². The SMILES string of the molecule is Cc1ccc(CCC(=O)Nc2cccc(OCC(N)=O)c2)cc1. The molecule has 2 aromatic rings. The van der Waals surface area contributed by atoms with Gasteiger partial charge in [0.05, 0.1) is 0 Å². The number of primary amides is 1. The Hall–Kier alpha value is -2.82. The third kappa shape index (κ3) is 5.82. The number of carbonyl (C=O) groups is 2. The van der Waals surface area contributed by atoms with Crippen LogP contribution in [0, 0.1) is 6.92 Å². The van der Waals surface area contributed by atoms with Gasteiger partial charge in [0.15, 0.2) is 6.61 Å². The molecule has 0 atom stereocenters. The molecule has 5 nitrogen and oxygen atoms in total. The molecule has 0 bridgehead atoms. The second-order valence-electron chi connectivity index (χ2n) is 5.32. The van der Waals surface area contributed by atoms with Gasteiger partial charge in [0.1, 0.15) is 5.75 Å². The first-order valence-electron chi connectivity index (χ1n) is 7.39. The standard InChI is InChI=1S/C18H20N2O3/c1-13-5-7-14(8-6-13)9-10-18(22)20-15-3-2-4-16(11-15)23-12-17(19)21/h2-8,11H,9-10,12H2,1H3,(H2,19,21)(H,20,22). The van der Waals surface area contributed by atoms with Crippen molar-refractivity contribution in [3.63, 3.8) is 0 Å². The summed E-state index contributed by atoms with van der Waals surface area (Å²) in [5, 5.41) is 2.82. The van der Waals surface area contributed by atoms with Gasteiger partial charge in [-0.25, -0.2) is 0 Å². The molecular formula is C18H20N2O3. The molecule has 0 unspecified atom stereocenters. The molecule has 2 aromatic carbocycles. The number of anilines is 1. The van der Waals surface area contributed by atoms with Crippen LogP contribution in [0.2, 0.25) is 0 Å². The molecule has 2 rings (SSSR count). The molecule has 23 heavy (non-hydrogen) atoms. The lowest BCUT2D eigenvalue weighted by Crippen LogP contribution is -2.20. The van der Waals surface area contributed by atoms with E-state index in [0.717, 1.165) is 5.56 Å². The van der Waals surface area contributed by atoms with Gasteiger partial charge in [0.25, 0.3) is 5.91 Å². The minimum absolute atomic E-state index is 0.0716. The lowest BCUT2D eigenvalue weighted by molar-refractivity contribution is -0.120. The minimum Gasteiger partial charge on any atom is -0.484 e. The number of nitrogens with one attached hydrogen (secondary N) is 1. The van der Waals surface area contributed by atoms with E-state index in [9.17, 15) is 9.59 Å². The van der Waals surface area contributed by atoms with Crippen LogP contribution in [-0.4, -0.2) is 18.4 Å². The molecule has 2 amide bonds. The van der Waals surface area contributed by atoms with Gasteiger partial charge in [-0.2, -0.15) is 0 Å². The van der Waals surface area contributed by atoms with Gasteiger partial charge in [0, 0.05) is 18.2 Å². The summed E-state index contributed by atoms with van der Waals surface area (Å²) in [5.74, 6) is -0.129. The topological polar surface area (TPSA) is 81.4 Å². The first kappa shape index (κ1) is 16.5. The fourth-order valence-electron chi connectivity index (χ4n) is 2.05. The van der Waals surface area contributed by atoms with Crippen molar-refractivity contribution in [2.24, 2.45) is 5.73 Å². The summed E-state index contributed by atoms with van der Waals surface area (Å²) in [6, 6.07) is 15.0. The average Bonchev–Trinajstić information content (AvgIpc) is 2.53. The minimum atomic E-state index is -0.544. The van der Waals surface area contributed by atoms with Crippen LogP contribution < -0.4 is 15.8 Å². The first-order chi connectivity index (χ1) is 11.0. The summed E-state index contributed by atoms with van der Waals surface area (Å²) in [6.07, 6.45) is 1.08. The molecule has 0 spiro atoms. The van der Waals surface area contributed by atoms with E-state index in [1.165, 1.54) is 5.56 Å². The summed E-state index contributed by atoms with van der Waals surface area (Å²) in [7, 11) is 0. The van der Waals surface area contributed by atoms with Crippen LogP contribution in [0.4, 0.5) is 5.69 Å². The maximum Gasteiger partial charge on any atom is 0.255 e. The van der Waals surface area contributed by atoms with Crippen LogP contribution in [0.3, 0.4) is 0 Å². The van der Waals surface area contributed by atoms with E-state index >= 15 is 0 Å². The second-order valence-corrected chi connectivity index (χ2v) is 5.32. The van der Waals surface area contributed by atoms with E-state index in [2.05, 4.69) is 5.32 Å². The number of hydrogen-bond acceptors (Lipinski definition) is 3. The highest BCUT2D eigenvalue weighted by Crippen LogP contribution is 2.17. The first-order valence-corrected chi connectivity index (χ1v) is 7.39. The Kier molecular flexibility index (Phi) is 5.74. The number of ether oxygens (including phenoxy) is 1. The average molecular weight is 312 g/mol. The summed E-state index contributed by atoms with van der Waals surface area (Å²) >= 11 is 0. The molecule has 0 heterocycles. The molecule has 0 aromatic heterocycles. The van der Waals surface area contributed by atoms with Gasteiger partial charge < -0.3 is 15.8 Å². The summed E-state index contributed by atoms with van der Waals surface area (Å²) in [4.78, 5) is 22.7. The van der Waals surface area contributed by atoms with Gasteiger partial charge in [-0.3, -0.25) is 9.59 Å². The van der Waals surface area contributed by atoms with Crippen molar-refractivity contribution in [2.75, 3.05) is 11.9 Å². The van der Waals surface area contributed by atoms with E-state index in [1.807, 2.05) is 31.2 Å². The molecule has 0 aliphatic heterocycles. The maximum absolute atomic E-state index is 12.0. The highest BCUT2D eigenvalue weighted by molar-refractivity contribution is 5.91. The lowest BCUT2D eigenvalue weighted by atomic mass is 10.1.